The van der Waals surface area contributed by atoms with Crippen LogP contribution >= 0.6 is 0 Å². The first-order valence-corrected chi connectivity index (χ1v) is 10.2. The van der Waals surface area contributed by atoms with Crippen LogP contribution in [0.25, 0.3) is 0 Å². The van der Waals surface area contributed by atoms with E-state index in [1.54, 1.807) is 22.0 Å². The Kier molecular flexibility index (Phi) is 4.44. The molecule has 5 aliphatic rings. The van der Waals surface area contributed by atoms with E-state index in [4.69, 9.17) is 4.74 Å². The van der Waals surface area contributed by atoms with Crippen LogP contribution in [0.4, 0.5) is 4.79 Å². The van der Waals surface area contributed by atoms with E-state index in [1.165, 1.54) is 12.8 Å². The van der Waals surface area contributed by atoms with Crippen LogP contribution in [0.2, 0.25) is 0 Å². The molecule has 1 unspecified atom stereocenters. The van der Waals surface area contributed by atoms with Gasteiger partial charge in [0.2, 0.25) is 0 Å². The van der Waals surface area contributed by atoms with Crippen molar-refractivity contribution in [3.8, 4) is 11.8 Å². The summed E-state index contributed by atoms with van der Waals surface area (Å²) in [6.45, 7) is 4.79. The Bertz CT molecular complexity index is 944. The van der Waals surface area contributed by atoms with E-state index in [0.29, 0.717) is 12.3 Å². The van der Waals surface area contributed by atoms with Crippen LogP contribution in [0.5, 0.6) is 0 Å². The van der Waals surface area contributed by atoms with Crippen LogP contribution in [0, 0.1) is 17.8 Å². The highest BCUT2D eigenvalue weighted by molar-refractivity contribution is 5.78. The fourth-order valence-electron chi connectivity index (χ4n) is 4.65. The fourth-order valence-corrected chi connectivity index (χ4v) is 4.65. The zero-order valence-corrected chi connectivity index (χ0v) is 16.5. The van der Waals surface area contributed by atoms with Crippen LogP contribution in [0.1, 0.15) is 26.2 Å². The molecule has 2 bridgehead atoms. The quantitative estimate of drug-likeness (QED) is 0.787. The van der Waals surface area contributed by atoms with Crippen molar-refractivity contribution in [2.75, 3.05) is 13.1 Å². The predicted octanol–water partition coefficient (Wildman–Crippen LogP) is 2.42. The third-order valence-electron chi connectivity index (χ3n) is 6.21. The number of allylic oxidation sites excluding steroid dienone is 1. The highest BCUT2D eigenvalue weighted by Gasteiger charge is 2.44. The molecule has 29 heavy (non-hydrogen) atoms. The minimum absolute atomic E-state index is 0.103. The van der Waals surface area contributed by atoms with Crippen molar-refractivity contribution in [2.24, 2.45) is 5.92 Å². The maximum atomic E-state index is 12.9. The SMILES string of the molecule is C[C@@]1(NC(=O)N2C=CC3OC(C#CCn4cccn4)=CC3=C2)CC2CCN1CC2. The van der Waals surface area contributed by atoms with Gasteiger partial charge in [-0.25, -0.2) is 4.79 Å². The van der Waals surface area contributed by atoms with Crippen molar-refractivity contribution in [2.45, 2.75) is 44.5 Å². The van der Waals surface area contributed by atoms with Crippen LogP contribution in [0.3, 0.4) is 0 Å². The van der Waals surface area contributed by atoms with Gasteiger partial charge >= 0.3 is 6.03 Å². The molecule has 0 radical (unpaired) electrons. The molecule has 0 aliphatic carbocycles. The molecule has 3 fully saturated rings. The van der Waals surface area contributed by atoms with Gasteiger partial charge in [0.15, 0.2) is 5.76 Å². The standard InChI is InChI=1S/C22H25N5O2/c1-22(15-17-5-12-26(22)13-6-17)24-21(28)25-11-7-20-18(16-25)14-19(29-20)4-2-9-27-10-3-8-23-27/h3,7-8,10-11,14,16-17,20H,5-6,9,12-13,15H2,1H3,(H,24,28)/t20?,22-/m0/s1. The van der Waals surface area contributed by atoms with Gasteiger partial charge in [0.25, 0.3) is 0 Å². The Hall–Kier alpha value is -2.98. The first-order chi connectivity index (χ1) is 14.1. The second-order valence-corrected chi connectivity index (χ2v) is 8.27. The van der Waals surface area contributed by atoms with Crippen LogP contribution in [-0.2, 0) is 11.3 Å². The Labute approximate surface area is 170 Å². The zero-order valence-electron chi connectivity index (χ0n) is 16.5. The van der Waals surface area contributed by atoms with Gasteiger partial charge in [0.05, 0.1) is 5.66 Å². The number of hydrogen-bond donors (Lipinski definition) is 1. The van der Waals surface area contributed by atoms with Gasteiger partial charge < -0.3 is 10.1 Å². The van der Waals surface area contributed by atoms with E-state index in [-0.39, 0.29) is 17.8 Å². The number of nitrogens with one attached hydrogen (secondary N) is 1. The second-order valence-electron chi connectivity index (χ2n) is 8.27. The third kappa shape index (κ3) is 3.56. The van der Waals surface area contributed by atoms with Gasteiger partial charge in [-0.2, -0.15) is 5.10 Å². The Morgan fingerprint density at radius 1 is 1.41 bits per heavy atom. The number of rotatable bonds is 2. The van der Waals surface area contributed by atoms with Crippen LogP contribution in [-0.4, -0.2) is 50.5 Å². The summed E-state index contributed by atoms with van der Waals surface area (Å²) in [6, 6.07) is 1.76. The van der Waals surface area contributed by atoms with Crippen molar-refractivity contribution < 1.29 is 9.53 Å². The van der Waals surface area contributed by atoms with Crippen molar-refractivity contribution in [1.29, 1.82) is 0 Å². The number of hydrogen-bond acceptors (Lipinski definition) is 4. The number of nitrogens with zero attached hydrogens (tertiary/aromatic N) is 4. The molecule has 7 heteroatoms. The summed E-state index contributed by atoms with van der Waals surface area (Å²) in [5, 5.41) is 7.38. The van der Waals surface area contributed by atoms with Gasteiger partial charge in [-0.1, -0.05) is 5.92 Å². The normalized spacial score (nSPS) is 31.9. The highest BCUT2D eigenvalue weighted by Crippen LogP contribution is 2.37. The first kappa shape index (κ1) is 18.1. The predicted molar refractivity (Wildman–Crippen MR) is 108 cm³/mol. The van der Waals surface area contributed by atoms with Crippen molar-refractivity contribution in [3.05, 3.63) is 54.3 Å². The van der Waals surface area contributed by atoms with E-state index >= 15 is 0 Å². The lowest BCUT2D eigenvalue weighted by molar-refractivity contribution is -0.0327. The molecule has 3 saturated heterocycles. The molecule has 6 heterocycles. The molecule has 2 amide bonds. The summed E-state index contributed by atoms with van der Waals surface area (Å²) in [5.41, 5.74) is 0.675. The van der Waals surface area contributed by atoms with E-state index in [0.717, 1.165) is 31.0 Å². The van der Waals surface area contributed by atoms with E-state index in [9.17, 15) is 4.79 Å². The molecule has 150 valence electrons. The smallest absolute Gasteiger partial charge is 0.326 e. The maximum Gasteiger partial charge on any atom is 0.326 e. The molecular weight excluding hydrogens is 366 g/mol. The molecule has 6 rings (SSSR count). The highest BCUT2D eigenvalue weighted by atomic mass is 16.5. The number of aromatic nitrogens is 2. The number of amides is 2. The van der Waals surface area contributed by atoms with Gasteiger partial charge in [-0.3, -0.25) is 14.5 Å². The summed E-state index contributed by atoms with van der Waals surface area (Å²) in [4.78, 5) is 16.9. The maximum absolute atomic E-state index is 12.9. The van der Waals surface area contributed by atoms with E-state index in [2.05, 4.69) is 34.1 Å². The number of carbonyl (C=O) groups is 1. The number of ether oxygens (including phenoxy) is 1. The molecule has 7 nitrogen and oxygen atoms in total. The lowest BCUT2D eigenvalue weighted by Crippen LogP contribution is -2.66. The minimum atomic E-state index is -0.257. The first-order valence-electron chi connectivity index (χ1n) is 10.2. The van der Waals surface area contributed by atoms with Gasteiger partial charge in [-0.05, 0) is 56.2 Å². The van der Waals surface area contributed by atoms with Crippen molar-refractivity contribution in [3.63, 3.8) is 0 Å². The summed E-state index contributed by atoms with van der Waals surface area (Å²) in [5.74, 6) is 7.43. The molecule has 2 atom stereocenters. The number of carbonyl (C=O) groups excluding carboxylic acids is 1. The van der Waals surface area contributed by atoms with Crippen LogP contribution in [0.15, 0.2) is 54.3 Å². The monoisotopic (exact) mass is 391 g/mol. The average Bonchev–Trinajstić information content (AvgIpc) is 3.37. The van der Waals surface area contributed by atoms with Crippen molar-refractivity contribution >= 4 is 6.03 Å². The van der Waals surface area contributed by atoms with Crippen molar-refractivity contribution in [1.82, 2.24) is 24.9 Å². The zero-order chi connectivity index (χ0) is 19.8. The Balaban J connectivity index is 1.24. The van der Waals surface area contributed by atoms with Gasteiger partial charge in [0, 0.05) is 43.5 Å². The number of fused-ring (bicyclic) bond motifs is 4. The van der Waals surface area contributed by atoms with E-state index in [1.807, 2.05) is 30.6 Å². The van der Waals surface area contributed by atoms with Gasteiger partial charge in [-0.15, -0.1) is 0 Å². The molecule has 5 aliphatic heterocycles. The van der Waals surface area contributed by atoms with Gasteiger partial charge in [0.1, 0.15) is 12.6 Å². The Morgan fingerprint density at radius 2 is 2.28 bits per heavy atom. The summed E-state index contributed by atoms with van der Waals surface area (Å²) in [7, 11) is 0. The Morgan fingerprint density at radius 3 is 3.00 bits per heavy atom. The second kappa shape index (κ2) is 7.12. The summed E-state index contributed by atoms with van der Waals surface area (Å²) >= 11 is 0. The minimum Gasteiger partial charge on any atom is -0.473 e. The average molecular weight is 391 g/mol. The molecule has 0 spiro atoms. The fraction of sp³-hybridized carbons (Fsp3) is 0.455. The summed E-state index contributed by atoms with van der Waals surface area (Å²) in [6.07, 6.45) is 14.3. The molecule has 0 aromatic carbocycles. The molecule has 0 saturated carbocycles. The largest absolute Gasteiger partial charge is 0.473 e. The summed E-state index contributed by atoms with van der Waals surface area (Å²) < 4.78 is 7.62. The number of urea groups is 1. The van der Waals surface area contributed by atoms with E-state index < -0.39 is 0 Å². The topological polar surface area (TPSA) is 62.6 Å². The lowest BCUT2D eigenvalue weighted by atomic mass is 9.80. The molecule has 1 aromatic rings. The van der Waals surface area contributed by atoms with Crippen LogP contribution < -0.4 is 5.32 Å². The molecule has 1 aromatic heterocycles. The number of piperidine rings is 3. The third-order valence-corrected chi connectivity index (χ3v) is 6.21. The molecular formula is C22H25N5O2. The molecule has 1 N–H and O–H groups in total. The lowest BCUT2D eigenvalue weighted by Gasteiger charge is -2.53.